The van der Waals surface area contributed by atoms with Gasteiger partial charge in [-0.05, 0) is 77.1 Å². The van der Waals surface area contributed by atoms with Crippen LogP contribution in [-0.2, 0) is 31.6 Å². The average Bonchev–Trinajstić information content (AvgIpc) is 3.05. The minimum absolute atomic E-state index is 0.0122. The van der Waals surface area contributed by atoms with Crippen molar-refractivity contribution in [3.05, 3.63) is 100 Å². The third kappa shape index (κ3) is 9.58. The molecule has 0 spiro atoms. The smallest absolute Gasteiger partial charge is 0.416 e. The molecule has 0 aliphatic carbocycles. The number of rotatable bonds is 12. The molecule has 1 aromatic heterocycles. The highest BCUT2D eigenvalue weighted by Gasteiger charge is 2.37. The second kappa shape index (κ2) is 15.3. The summed E-state index contributed by atoms with van der Waals surface area (Å²) in [5, 5.41) is 8.72. The standard InChI is InChI=1S/C35H31F9N4O2/c1-21(2)23-6-9-31(49-3)30(15-23)29-8-7-25(33(36,37)38)14-24(29)20-48(32-46-17-28(18-47-32)50-11-5-4-10-45)19-22-12-26(34(39,40)41)16-27(13-22)35(42,43)44/h6-9,12-18,21H,4-5,11,19-20H2,1-3H3. The first-order valence-corrected chi connectivity index (χ1v) is 15.1. The van der Waals surface area contributed by atoms with E-state index < -0.39 is 53.9 Å². The lowest BCUT2D eigenvalue weighted by atomic mass is 9.92. The molecule has 3 aromatic carbocycles. The number of nitrogens with zero attached hydrogens (tertiary/aromatic N) is 4. The predicted molar refractivity (Wildman–Crippen MR) is 166 cm³/mol. The maximum Gasteiger partial charge on any atom is 0.416 e. The Hall–Kier alpha value is -5.00. The van der Waals surface area contributed by atoms with E-state index in [4.69, 9.17) is 14.7 Å². The molecule has 0 fully saturated rings. The SMILES string of the molecule is COc1ccc(C(C)C)cc1-c1ccc(C(F)(F)F)cc1CN(Cc1cc(C(F)(F)F)cc(C(F)(F)F)c1)c1ncc(OCCCC#N)cn1. The zero-order valence-electron chi connectivity index (χ0n) is 27.0. The van der Waals surface area contributed by atoms with Crippen molar-refractivity contribution in [1.29, 1.82) is 5.26 Å². The molecule has 0 radical (unpaired) electrons. The average molecular weight is 711 g/mol. The summed E-state index contributed by atoms with van der Waals surface area (Å²) in [6.07, 6.45) is -12.0. The normalized spacial score (nSPS) is 12.2. The topological polar surface area (TPSA) is 71.3 Å². The number of nitriles is 1. The Morgan fingerprint density at radius 1 is 0.760 bits per heavy atom. The van der Waals surface area contributed by atoms with Crippen molar-refractivity contribution >= 4 is 5.95 Å². The van der Waals surface area contributed by atoms with Crippen molar-refractivity contribution < 1.29 is 49.0 Å². The maximum absolute atomic E-state index is 14.0. The molecule has 0 unspecified atom stereocenters. The molecule has 0 amide bonds. The fourth-order valence-electron chi connectivity index (χ4n) is 5.08. The monoisotopic (exact) mass is 710 g/mol. The van der Waals surface area contributed by atoms with Gasteiger partial charge in [0.25, 0.3) is 0 Å². The number of hydrogen-bond acceptors (Lipinski definition) is 6. The second-order valence-electron chi connectivity index (χ2n) is 11.6. The van der Waals surface area contributed by atoms with Crippen LogP contribution in [0, 0.1) is 11.3 Å². The highest BCUT2D eigenvalue weighted by atomic mass is 19.4. The summed E-state index contributed by atoms with van der Waals surface area (Å²) in [6.45, 7) is 2.83. The van der Waals surface area contributed by atoms with Gasteiger partial charge in [0.15, 0.2) is 5.75 Å². The molecule has 0 N–H and O–H groups in total. The van der Waals surface area contributed by atoms with E-state index in [0.717, 1.165) is 17.7 Å². The molecule has 50 heavy (non-hydrogen) atoms. The first-order valence-electron chi connectivity index (χ1n) is 15.1. The van der Waals surface area contributed by atoms with E-state index in [2.05, 4.69) is 9.97 Å². The van der Waals surface area contributed by atoms with E-state index in [0.29, 0.717) is 29.9 Å². The Balaban J connectivity index is 1.89. The number of hydrogen-bond donors (Lipinski definition) is 0. The summed E-state index contributed by atoms with van der Waals surface area (Å²) < 4.78 is 136. The Labute approximate surface area is 282 Å². The van der Waals surface area contributed by atoms with E-state index in [1.54, 1.807) is 18.2 Å². The molecule has 0 bridgehead atoms. The first kappa shape index (κ1) is 37.8. The van der Waals surface area contributed by atoms with Gasteiger partial charge in [0.1, 0.15) is 5.75 Å². The largest absolute Gasteiger partial charge is 0.496 e. The molecule has 0 aliphatic heterocycles. The van der Waals surface area contributed by atoms with Crippen LogP contribution < -0.4 is 14.4 Å². The van der Waals surface area contributed by atoms with Crippen LogP contribution in [0.2, 0.25) is 0 Å². The molecule has 1 heterocycles. The van der Waals surface area contributed by atoms with Crippen molar-refractivity contribution in [2.24, 2.45) is 0 Å². The number of ether oxygens (including phenoxy) is 2. The Morgan fingerprint density at radius 2 is 1.38 bits per heavy atom. The highest BCUT2D eigenvalue weighted by molar-refractivity contribution is 5.75. The summed E-state index contributed by atoms with van der Waals surface area (Å²) in [5.41, 5.74) is -3.04. The molecule has 0 saturated carbocycles. The predicted octanol–water partition coefficient (Wildman–Crippen LogP) is 10.2. The van der Waals surface area contributed by atoms with Gasteiger partial charge in [-0.15, -0.1) is 0 Å². The van der Waals surface area contributed by atoms with Crippen molar-refractivity contribution in [1.82, 2.24) is 9.97 Å². The van der Waals surface area contributed by atoms with Gasteiger partial charge in [0.05, 0.1) is 48.9 Å². The van der Waals surface area contributed by atoms with Gasteiger partial charge in [0, 0.05) is 25.1 Å². The number of methoxy groups -OCH3 is 1. The fraction of sp³-hybridized carbons (Fsp3) is 0.343. The molecule has 0 aliphatic rings. The summed E-state index contributed by atoms with van der Waals surface area (Å²) >= 11 is 0. The van der Waals surface area contributed by atoms with Crippen LogP contribution in [0.1, 0.15) is 66.0 Å². The minimum Gasteiger partial charge on any atom is -0.496 e. The van der Waals surface area contributed by atoms with E-state index in [1.807, 2.05) is 19.9 Å². The van der Waals surface area contributed by atoms with Crippen LogP contribution in [0.4, 0.5) is 45.5 Å². The van der Waals surface area contributed by atoms with Crippen LogP contribution >= 0.6 is 0 Å². The number of halogens is 9. The van der Waals surface area contributed by atoms with Gasteiger partial charge in [-0.2, -0.15) is 44.8 Å². The molecule has 15 heteroatoms. The van der Waals surface area contributed by atoms with E-state index in [-0.39, 0.29) is 47.8 Å². The van der Waals surface area contributed by atoms with Gasteiger partial charge in [-0.25, -0.2) is 9.97 Å². The molecule has 4 aromatic rings. The Morgan fingerprint density at radius 3 is 1.92 bits per heavy atom. The molecule has 266 valence electrons. The van der Waals surface area contributed by atoms with Crippen molar-refractivity contribution in [3.63, 3.8) is 0 Å². The third-order valence-corrected chi connectivity index (χ3v) is 7.59. The Kier molecular flexibility index (Phi) is 11.5. The molecular weight excluding hydrogens is 679 g/mol. The van der Waals surface area contributed by atoms with Gasteiger partial charge in [0.2, 0.25) is 5.95 Å². The lowest BCUT2D eigenvalue weighted by Gasteiger charge is -2.26. The van der Waals surface area contributed by atoms with Crippen LogP contribution in [0.15, 0.2) is 67.0 Å². The minimum atomic E-state index is -5.13. The van der Waals surface area contributed by atoms with Gasteiger partial charge < -0.3 is 14.4 Å². The number of anilines is 1. The molecule has 6 nitrogen and oxygen atoms in total. The van der Waals surface area contributed by atoms with Crippen LogP contribution in [0.25, 0.3) is 11.1 Å². The molecule has 0 atom stereocenters. The molecule has 4 rings (SSSR count). The lowest BCUT2D eigenvalue weighted by Crippen LogP contribution is -2.25. The van der Waals surface area contributed by atoms with Gasteiger partial charge in [-0.1, -0.05) is 26.0 Å². The fourth-order valence-corrected chi connectivity index (χ4v) is 5.08. The van der Waals surface area contributed by atoms with Crippen molar-refractivity contribution in [2.75, 3.05) is 18.6 Å². The van der Waals surface area contributed by atoms with Gasteiger partial charge >= 0.3 is 18.5 Å². The Bertz CT molecular complexity index is 1780. The van der Waals surface area contributed by atoms with Crippen LogP contribution in [0.3, 0.4) is 0 Å². The second-order valence-corrected chi connectivity index (χ2v) is 11.6. The zero-order chi connectivity index (χ0) is 36.9. The van der Waals surface area contributed by atoms with E-state index in [9.17, 15) is 39.5 Å². The third-order valence-electron chi connectivity index (χ3n) is 7.59. The summed E-state index contributed by atoms with van der Waals surface area (Å²) in [6, 6.07) is 11.2. The molecular formula is C35H31F9N4O2. The van der Waals surface area contributed by atoms with Crippen LogP contribution in [-0.4, -0.2) is 23.7 Å². The zero-order valence-corrected chi connectivity index (χ0v) is 27.0. The van der Waals surface area contributed by atoms with Crippen molar-refractivity contribution in [3.8, 4) is 28.7 Å². The number of aromatic nitrogens is 2. The number of benzene rings is 3. The quantitative estimate of drug-likeness (QED) is 0.108. The van der Waals surface area contributed by atoms with E-state index in [1.165, 1.54) is 30.5 Å². The number of unbranched alkanes of at least 4 members (excludes halogenated alkanes) is 1. The summed E-state index contributed by atoms with van der Waals surface area (Å²) in [7, 11) is 1.38. The first-order chi connectivity index (χ1) is 23.4. The molecule has 0 saturated heterocycles. The van der Waals surface area contributed by atoms with Crippen molar-refractivity contribution in [2.45, 2.75) is 64.2 Å². The summed E-state index contributed by atoms with van der Waals surface area (Å²) in [4.78, 5) is 9.55. The van der Waals surface area contributed by atoms with E-state index >= 15 is 0 Å². The summed E-state index contributed by atoms with van der Waals surface area (Å²) in [5.74, 6) is 0.280. The number of alkyl halides is 9. The van der Waals surface area contributed by atoms with Crippen LogP contribution in [0.5, 0.6) is 11.5 Å². The highest BCUT2D eigenvalue weighted by Crippen LogP contribution is 2.40. The van der Waals surface area contributed by atoms with Gasteiger partial charge in [-0.3, -0.25) is 0 Å². The maximum atomic E-state index is 14.0. The lowest BCUT2D eigenvalue weighted by molar-refractivity contribution is -0.143.